The Morgan fingerprint density at radius 1 is 1.14 bits per heavy atom. The molecule has 0 aliphatic heterocycles. The zero-order valence-electron chi connectivity index (χ0n) is 24.1. The first kappa shape index (κ1) is 30.8. The number of amides is 2. The minimum absolute atomic E-state index is 0.0147. The Balaban J connectivity index is 1.85. The van der Waals surface area contributed by atoms with Crippen molar-refractivity contribution in [3.05, 3.63) is 39.7 Å². The summed E-state index contributed by atoms with van der Waals surface area (Å²) < 4.78 is 9.82. The first-order chi connectivity index (χ1) is 19.7. The lowest BCUT2D eigenvalue weighted by atomic mass is 9.57. The fourth-order valence-electron chi connectivity index (χ4n) is 6.32. The Morgan fingerprint density at radius 3 is 2.38 bits per heavy atom. The van der Waals surface area contributed by atoms with Crippen LogP contribution in [0, 0.1) is 11.8 Å². The number of aliphatic hydroxyl groups excluding tert-OH is 2. The number of Topliss-reactive ketones (excluding diaryl/α,β-unsaturated/α-hetero) is 2. The Labute approximate surface area is 242 Å². The molecule has 42 heavy (non-hydrogen) atoms. The summed E-state index contributed by atoms with van der Waals surface area (Å²) >= 11 is 0. The van der Waals surface area contributed by atoms with Gasteiger partial charge in [-0.25, -0.2) is 4.79 Å². The smallest absolute Gasteiger partial charge is 0.407 e. The summed E-state index contributed by atoms with van der Waals surface area (Å²) in [4.78, 5) is 54.7. The van der Waals surface area contributed by atoms with Gasteiger partial charge in [0.25, 0.3) is 5.91 Å². The second kappa shape index (κ2) is 11.3. The quantitative estimate of drug-likeness (QED) is 0.174. The predicted octanol–water partition coefficient (Wildman–Crippen LogP) is -0.0974. The molecule has 0 bridgehead atoms. The number of aliphatic hydroxyl groups is 3. The molecule has 2 amide bonds. The molecule has 0 spiro atoms. The van der Waals surface area contributed by atoms with E-state index in [-0.39, 0.29) is 49.3 Å². The number of rotatable bonds is 8. The van der Waals surface area contributed by atoms with E-state index in [0.717, 1.165) is 0 Å². The molecule has 0 radical (unpaired) electrons. The van der Waals surface area contributed by atoms with Crippen molar-refractivity contribution in [1.82, 2.24) is 10.2 Å². The van der Waals surface area contributed by atoms with Crippen molar-refractivity contribution in [2.24, 2.45) is 17.6 Å². The average molecular weight is 589 g/mol. The van der Waals surface area contributed by atoms with Gasteiger partial charge in [-0.05, 0) is 44.5 Å². The number of nitrogens with two attached hydrogens (primary N) is 1. The van der Waals surface area contributed by atoms with E-state index in [1.807, 2.05) is 0 Å². The fourth-order valence-corrected chi connectivity index (χ4v) is 6.32. The third-order valence-corrected chi connectivity index (χ3v) is 8.20. The Morgan fingerprint density at radius 2 is 1.81 bits per heavy atom. The number of hydrogen-bond donors (Lipinski definition) is 6. The van der Waals surface area contributed by atoms with E-state index in [0.29, 0.717) is 11.3 Å². The first-order valence-electron chi connectivity index (χ1n) is 13.3. The normalized spacial score (nSPS) is 25.2. The van der Waals surface area contributed by atoms with E-state index < -0.39 is 69.9 Å². The van der Waals surface area contributed by atoms with Crippen molar-refractivity contribution < 1.29 is 49.1 Å². The molecule has 1 fully saturated rings. The van der Waals surface area contributed by atoms with Crippen molar-refractivity contribution in [3.63, 3.8) is 0 Å². The molecule has 2 unspecified atom stereocenters. The Kier molecular flexibility index (Phi) is 8.27. The lowest BCUT2D eigenvalue weighted by Gasteiger charge is -2.50. The highest BCUT2D eigenvalue weighted by molar-refractivity contribution is 6.24. The second-order valence-electron chi connectivity index (χ2n) is 11.1. The molecule has 1 aromatic carbocycles. The Bertz CT molecular complexity index is 1420. The maximum absolute atomic E-state index is 14.0. The summed E-state index contributed by atoms with van der Waals surface area (Å²) in [5, 5.41) is 48.0. The van der Waals surface area contributed by atoms with E-state index >= 15 is 0 Å². The number of carbonyl (C=O) groups excluding carboxylic acids is 4. The zero-order chi connectivity index (χ0) is 31.3. The monoisotopic (exact) mass is 588 g/mol. The van der Waals surface area contributed by atoms with E-state index in [4.69, 9.17) is 15.2 Å². The van der Waals surface area contributed by atoms with Crippen LogP contribution in [0.1, 0.15) is 23.1 Å². The number of alkyl carbamates (subject to hydrolysis) is 1. The summed E-state index contributed by atoms with van der Waals surface area (Å²) in [6.07, 6.45) is -0.637. The van der Waals surface area contributed by atoms with Gasteiger partial charge in [0.2, 0.25) is 5.78 Å². The van der Waals surface area contributed by atoms with Gasteiger partial charge in [0.15, 0.2) is 11.4 Å². The van der Waals surface area contributed by atoms with Gasteiger partial charge < -0.3 is 45.9 Å². The van der Waals surface area contributed by atoms with Crippen LogP contribution >= 0.6 is 0 Å². The minimum atomic E-state index is -2.73. The van der Waals surface area contributed by atoms with Gasteiger partial charge in [-0.3, -0.25) is 19.3 Å². The number of methoxy groups -OCH3 is 1. The number of ketones is 2. The van der Waals surface area contributed by atoms with Crippen LogP contribution in [0.3, 0.4) is 0 Å². The lowest BCUT2D eigenvalue weighted by Crippen LogP contribution is -2.65. The third-order valence-electron chi connectivity index (χ3n) is 8.20. The second-order valence-corrected chi connectivity index (χ2v) is 11.1. The molecular weight excluding hydrogens is 552 g/mol. The molecule has 3 aliphatic rings. The number of ether oxygens (including phenoxy) is 2. The summed E-state index contributed by atoms with van der Waals surface area (Å²) in [6.45, 7) is 0.0257. The number of phenols is 1. The molecule has 0 saturated heterocycles. The minimum Gasteiger partial charge on any atom is -0.508 e. The number of anilines is 1. The number of benzene rings is 1. The summed E-state index contributed by atoms with van der Waals surface area (Å²) in [5.41, 5.74) is 2.74. The predicted molar refractivity (Wildman–Crippen MR) is 149 cm³/mol. The molecule has 7 N–H and O–H groups in total. The molecule has 1 saturated carbocycles. The molecule has 4 atom stereocenters. The van der Waals surface area contributed by atoms with E-state index in [2.05, 4.69) is 5.32 Å². The maximum Gasteiger partial charge on any atom is 0.407 e. The van der Waals surface area contributed by atoms with Crippen LogP contribution in [0.2, 0.25) is 0 Å². The van der Waals surface area contributed by atoms with E-state index in [9.17, 15) is 39.6 Å². The number of likely N-dealkylation sites (N-methyl/N-ethyl adjacent to an activating group) is 1. The molecular formula is C28H36N4O10. The SMILES string of the molecule is COCCOC(=O)NCc1cc(N(C)C)c2c(c1O)C(O)=C1C(=O)[C@]3(O)C(O)=C(C(N)=O)C(=O)[C@H](N(C)C)C3CC1C2. The number of aromatic hydroxyl groups is 1. The molecule has 4 rings (SSSR count). The van der Waals surface area contributed by atoms with Crippen LogP contribution in [0.15, 0.2) is 23.0 Å². The first-order valence-corrected chi connectivity index (χ1v) is 13.3. The largest absolute Gasteiger partial charge is 0.508 e. The highest BCUT2D eigenvalue weighted by Crippen LogP contribution is 2.54. The average Bonchev–Trinajstić information content (AvgIpc) is 2.89. The number of nitrogens with zero attached hydrogens (tertiary/aromatic N) is 2. The van der Waals surface area contributed by atoms with E-state index in [1.165, 1.54) is 12.0 Å². The number of phenolic OH excluding ortho intramolecular Hbond substituents is 1. The summed E-state index contributed by atoms with van der Waals surface area (Å²) in [6, 6.07) is 0.477. The van der Waals surface area contributed by atoms with Gasteiger partial charge in [-0.2, -0.15) is 0 Å². The van der Waals surface area contributed by atoms with Crippen molar-refractivity contribution in [1.29, 1.82) is 0 Å². The molecule has 14 nitrogen and oxygen atoms in total. The molecule has 0 aromatic heterocycles. The molecule has 1 aromatic rings. The number of primary amides is 1. The molecule has 0 heterocycles. The molecule has 228 valence electrons. The number of nitrogens with one attached hydrogen (secondary N) is 1. The summed E-state index contributed by atoms with van der Waals surface area (Å²) in [7, 11) is 8.04. The van der Waals surface area contributed by atoms with Crippen LogP contribution in [0.25, 0.3) is 5.76 Å². The molecule has 3 aliphatic carbocycles. The maximum atomic E-state index is 14.0. The van der Waals surface area contributed by atoms with Gasteiger partial charge in [0, 0.05) is 50.5 Å². The summed E-state index contributed by atoms with van der Waals surface area (Å²) in [5.74, 6) is -7.25. The van der Waals surface area contributed by atoms with Crippen LogP contribution in [0.4, 0.5) is 10.5 Å². The number of fused-ring (bicyclic) bond motifs is 3. The van der Waals surface area contributed by atoms with Crippen molar-refractivity contribution in [2.75, 3.05) is 53.4 Å². The fraction of sp³-hybridized carbons (Fsp3) is 0.500. The van der Waals surface area contributed by atoms with Crippen LogP contribution < -0.4 is 16.0 Å². The van der Waals surface area contributed by atoms with Gasteiger partial charge >= 0.3 is 6.09 Å². The zero-order valence-corrected chi connectivity index (χ0v) is 24.1. The lowest BCUT2D eigenvalue weighted by molar-refractivity contribution is -0.153. The van der Waals surface area contributed by atoms with Crippen LogP contribution in [-0.2, 0) is 36.8 Å². The van der Waals surface area contributed by atoms with Crippen molar-refractivity contribution in [2.45, 2.75) is 31.0 Å². The topological polar surface area (TPSA) is 212 Å². The van der Waals surface area contributed by atoms with Gasteiger partial charge in [0.05, 0.1) is 18.2 Å². The number of carbonyl (C=O) groups is 4. The highest BCUT2D eigenvalue weighted by atomic mass is 16.6. The Hall–Kier alpha value is -4.14. The number of hydrogen-bond acceptors (Lipinski definition) is 12. The highest BCUT2D eigenvalue weighted by Gasteiger charge is 2.64. The van der Waals surface area contributed by atoms with Crippen molar-refractivity contribution in [3.8, 4) is 5.75 Å². The van der Waals surface area contributed by atoms with Gasteiger partial charge in [0.1, 0.15) is 29.4 Å². The van der Waals surface area contributed by atoms with Crippen LogP contribution in [0.5, 0.6) is 5.75 Å². The van der Waals surface area contributed by atoms with Gasteiger partial charge in [-0.15, -0.1) is 0 Å². The standard InChI is InChI=1S/C28H36N4O10/c1-31(2)16-10-13(11-30-27(39)42-7-6-41-5)21(33)18-14(16)8-12-9-15-20(32(3)4)23(35)19(26(29)38)25(37)28(15,40)24(36)17(12)22(18)34/h10,12,15,20,33-34,37,40H,6-9,11H2,1-5H3,(H2,29,38)(H,30,39)/t12?,15?,20-,28+/m1/s1. The van der Waals surface area contributed by atoms with Crippen molar-refractivity contribution >= 4 is 35.0 Å². The third kappa shape index (κ3) is 4.74. The van der Waals surface area contributed by atoms with E-state index in [1.54, 1.807) is 39.2 Å². The van der Waals surface area contributed by atoms with Gasteiger partial charge in [-0.1, -0.05) is 0 Å². The molecule has 14 heteroatoms. The van der Waals surface area contributed by atoms with Crippen LogP contribution in [-0.4, -0.2) is 109 Å².